The highest BCUT2D eigenvalue weighted by atomic mass is 79.9. The van der Waals surface area contributed by atoms with E-state index in [1.165, 1.54) is 6.07 Å². The molecule has 0 radical (unpaired) electrons. The lowest BCUT2D eigenvalue weighted by molar-refractivity contribution is -0.130. The second kappa shape index (κ2) is 14.7. The number of hydrogen-bond donors (Lipinski definition) is 3. The smallest absolute Gasteiger partial charge is 0.266 e. The van der Waals surface area contributed by atoms with Crippen LogP contribution in [0.5, 0.6) is 5.75 Å². The van der Waals surface area contributed by atoms with Gasteiger partial charge in [0.2, 0.25) is 5.90 Å². The molecule has 4 aromatic rings. The predicted octanol–water partition coefficient (Wildman–Crippen LogP) is 7.12. The minimum Gasteiger partial charge on any atom is -0.494 e. The number of ether oxygens (including phenoxy) is 2. The van der Waals surface area contributed by atoms with Gasteiger partial charge in [-0.15, -0.1) is 0 Å². The van der Waals surface area contributed by atoms with Gasteiger partial charge in [0.25, 0.3) is 5.91 Å². The van der Waals surface area contributed by atoms with Crippen LogP contribution in [0.15, 0.2) is 94.4 Å². The number of nitrogens with zero attached hydrogens (tertiary/aromatic N) is 1. The van der Waals surface area contributed by atoms with Crippen LogP contribution in [0.4, 0.5) is 8.78 Å². The van der Waals surface area contributed by atoms with Crippen LogP contribution in [-0.4, -0.2) is 35.7 Å². The fraction of sp³-hybridized carbons (Fsp3) is 0.212. The summed E-state index contributed by atoms with van der Waals surface area (Å²) in [6.45, 7) is 0.261. The van der Waals surface area contributed by atoms with E-state index in [1.54, 1.807) is 42.5 Å². The Morgan fingerprint density at radius 2 is 1.78 bits per heavy atom. The third kappa shape index (κ3) is 7.82. The molecule has 4 aromatic carbocycles. The number of hydrogen-bond acceptors (Lipinski definition) is 6. The number of hydrazine groups is 1. The maximum absolute atomic E-state index is 14.3. The number of nitrogens with one attached hydrogen (secondary N) is 2. The Balaban J connectivity index is 1.53. The molecule has 0 fully saturated rings. The Morgan fingerprint density at radius 3 is 2.47 bits per heavy atom. The van der Waals surface area contributed by atoms with Gasteiger partial charge in [-0.25, -0.2) is 19.2 Å². The van der Waals surface area contributed by atoms with Gasteiger partial charge >= 0.3 is 0 Å². The maximum atomic E-state index is 14.3. The fourth-order valence-corrected chi connectivity index (χ4v) is 5.65. The number of carbonyl (C=O) groups excluding carboxylic acids is 1. The van der Waals surface area contributed by atoms with Crippen molar-refractivity contribution in [3.05, 3.63) is 133 Å². The number of rotatable bonds is 12. The second-order valence-electron chi connectivity index (χ2n) is 10.3. The van der Waals surface area contributed by atoms with Gasteiger partial charge in [-0.1, -0.05) is 63.4 Å². The molecule has 1 amide bonds. The van der Waals surface area contributed by atoms with Gasteiger partial charge < -0.3 is 14.6 Å². The van der Waals surface area contributed by atoms with Crippen LogP contribution >= 0.6 is 39.1 Å². The monoisotopic (exact) mass is 717 g/mol. The van der Waals surface area contributed by atoms with E-state index in [9.17, 15) is 13.6 Å². The normalized spacial score (nSPS) is 17.5. The minimum absolute atomic E-state index is 0.0214. The van der Waals surface area contributed by atoms with Gasteiger partial charge in [0, 0.05) is 63.3 Å². The molecule has 0 aliphatic carbocycles. The molecule has 234 valence electrons. The lowest BCUT2D eigenvalue weighted by Gasteiger charge is -2.31. The van der Waals surface area contributed by atoms with Crippen molar-refractivity contribution in [1.82, 2.24) is 10.9 Å². The van der Waals surface area contributed by atoms with Gasteiger partial charge in [0.05, 0.1) is 6.61 Å². The molecule has 3 N–H and O–H groups in total. The number of aliphatic imine (C=N–C) groups is 1. The second-order valence-corrected chi connectivity index (χ2v) is 12.1. The summed E-state index contributed by atoms with van der Waals surface area (Å²) >= 11 is 16.3. The Kier molecular flexibility index (Phi) is 10.7. The van der Waals surface area contributed by atoms with E-state index in [-0.39, 0.29) is 36.1 Å². The van der Waals surface area contributed by atoms with Crippen molar-refractivity contribution in [3.8, 4) is 5.75 Å². The predicted molar refractivity (Wildman–Crippen MR) is 172 cm³/mol. The SMILES string of the molecule is O=C(NNCc1ccc(F)cc1F)[C@@]1(Cc2ccc(Br)cc2)N=C(c2ccc(OCCCO)cc2)O[C@H]1c1ccc(Cl)cc1Cl. The molecule has 0 spiro atoms. The van der Waals surface area contributed by atoms with E-state index in [1.807, 2.05) is 24.3 Å². The standard InChI is InChI=1S/C33H28BrCl2F2N3O4/c34-23-7-2-20(3-8-23)18-33(32(43)41-39-19-22-4-10-25(37)17-29(22)38)30(27-13-9-24(35)16-28(27)36)45-31(40-33)21-5-11-26(12-6-21)44-15-1-14-42/h2-13,16-17,30,39,42H,1,14-15,18-19H2,(H,41,43)/t30-,33-/m0/s1. The number of halogens is 5. The summed E-state index contributed by atoms with van der Waals surface area (Å²) in [4.78, 5) is 19.2. The van der Waals surface area contributed by atoms with Crippen molar-refractivity contribution in [3.63, 3.8) is 0 Å². The van der Waals surface area contributed by atoms with Crippen LogP contribution in [0.25, 0.3) is 0 Å². The van der Waals surface area contributed by atoms with Crippen LogP contribution in [-0.2, 0) is 22.5 Å². The molecule has 1 heterocycles. The summed E-state index contributed by atoms with van der Waals surface area (Å²) < 4.78 is 40.7. The van der Waals surface area contributed by atoms with Gasteiger partial charge in [-0.2, -0.15) is 0 Å². The fourth-order valence-electron chi connectivity index (χ4n) is 4.88. The zero-order valence-corrected chi connectivity index (χ0v) is 26.8. The molecule has 0 unspecified atom stereocenters. The summed E-state index contributed by atoms with van der Waals surface area (Å²) in [6.07, 6.45) is -0.393. The number of carbonyl (C=O) groups is 1. The first-order chi connectivity index (χ1) is 21.7. The number of aliphatic hydroxyl groups is 1. The average molecular weight is 719 g/mol. The zero-order valence-electron chi connectivity index (χ0n) is 23.7. The summed E-state index contributed by atoms with van der Waals surface area (Å²) in [5.74, 6) is -1.22. The summed E-state index contributed by atoms with van der Waals surface area (Å²) in [7, 11) is 0. The Hall–Kier alpha value is -3.54. The van der Waals surface area contributed by atoms with Crippen LogP contribution in [0.1, 0.15) is 34.8 Å². The van der Waals surface area contributed by atoms with Crippen molar-refractivity contribution >= 4 is 50.9 Å². The highest BCUT2D eigenvalue weighted by molar-refractivity contribution is 9.10. The van der Waals surface area contributed by atoms with Gasteiger partial charge in [-0.3, -0.25) is 10.2 Å². The first kappa shape index (κ1) is 32.8. The Morgan fingerprint density at radius 1 is 1.02 bits per heavy atom. The van der Waals surface area contributed by atoms with E-state index >= 15 is 0 Å². The molecule has 2 atom stereocenters. The highest BCUT2D eigenvalue weighted by Crippen LogP contribution is 2.45. The lowest BCUT2D eigenvalue weighted by atomic mass is 9.82. The van der Waals surface area contributed by atoms with E-state index in [2.05, 4.69) is 26.8 Å². The molecule has 45 heavy (non-hydrogen) atoms. The Bertz CT molecular complexity index is 1690. The van der Waals surface area contributed by atoms with Crippen molar-refractivity contribution < 1.29 is 28.2 Å². The van der Waals surface area contributed by atoms with Crippen LogP contribution in [0.3, 0.4) is 0 Å². The summed E-state index contributed by atoms with van der Waals surface area (Å²) in [6, 6.07) is 22.6. The van der Waals surface area contributed by atoms with Gasteiger partial charge in [0.15, 0.2) is 11.6 Å². The number of benzene rings is 4. The molecular weight excluding hydrogens is 691 g/mol. The molecule has 1 aliphatic rings. The molecular formula is C33H28BrCl2F2N3O4. The molecule has 0 aromatic heterocycles. The number of amides is 1. The summed E-state index contributed by atoms with van der Waals surface area (Å²) in [5.41, 5.74) is 5.86. The third-order valence-electron chi connectivity index (χ3n) is 7.16. The van der Waals surface area contributed by atoms with Crippen LogP contribution in [0.2, 0.25) is 10.0 Å². The van der Waals surface area contributed by atoms with E-state index < -0.39 is 29.2 Å². The lowest BCUT2D eigenvalue weighted by Crippen LogP contribution is -2.53. The van der Waals surface area contributed by atoms with Crippen molar-refractivity contribution in [2.24, 2.45) is 4.99 Å². The topological polar surface area (TPSA) is 92.2 Å². The van der Waals surface area contributed by atoms with Crippen LogP contribution in [0, 0.1) is 11.6 Å². The van der Waals surface area contributed by atoms with Crippen molar-refractivity contribution in [2.75, 3.05) is 13.2 Å². The molecule has 5 rings (SSSR count). The van der Waals surface area contributed by atoms with Crippen LogP contribution < -0.4 is 15.6 Å². The zero-order chi connectivity index (χ0) is 32.0. The molecule has 1 aliphatic heterocycles. The first-order valence-corrected chi connectivity index (χ1v) is 15.5. The van der Waals surface area contributed by atoms with Crippen molar-refractivity contribution in [1.29, 1.82) is 0 Å². The Labute approximate surface area is 277 Å². The summed E-state index contributed by atoms with van der Waals surface area (Å²) in [5, 5.41) is 9.73. The van der Waals surface area contributed by atoms with E-state index in [0.29, 0.717) is 34.9 Å². The maximum Gasteiger partial charge on any atom is 0.266 e. The van der Waals surface area contributed by atoms with Gasteiger partial charge in [-0.05, 0) is 60.2 Å². The molecule has 0 saturated heterocycles. The minimum atomic E-state index is -1.59. The quantitative estimate of drug-likeness (QED) is 0.107. The molecule has 0 saturated carbocycles. The van der Waals surface area contributed by atoms with E-state index in [0.717, 1.165) is 22.2 Å². The average Bonchev–Trinajstić information content (AvgIpc) is 3.40. The molecule has 12 heteroatoms. The van der Waals surface area contributed by atoms with Gasteiger partial charge in [0.1, 0.15) is 17.4 Å². The van der Waals surface area contributed by atoms with Crippen molar-refractivity contribution in [2.45, 2.75) is 31.0 Å². The number of aliphatic hydroxyl groups excluding tert-OH is 1. The molecule has 0 bridgehead atoms. The third-order valence-corrected chi connectivity index (χ3v) is 8.25. The largest absolute Gasteiger partial charge is 0.494 e. The first-order valence-electron chi connectivity index (χ1n) is 14.0. The highest BCUT2D eigenvalue weighted by Gasteiger charge is 2.54. The van der Waals surface area contributed by atoms with E-state index in [4.69, 9.17) is 42.8 Å². The molecule has 7 nitrogen and oxygen atoms in total.